The van der Waals surface area contributed by atoms with Gasteiger partial charge in [-0.2, -0.15) is 13.2 Å². The first-order valence-corrected chi connectivity index (χ1v) is 10.8. The first kappa shape index (κ1) is 24.4. The average molecular weight is 481 g/mol. The van der Waals surface area contributed by atoms with Crippen molar-refractivity contribution in [2.24, 2.45) is 5.92 Å². The number of aromatic amines is 1. The van der Waals surface area contributed by atoms with Crippen LogP contribution < -0.4 is 14.8 Å². The monoisotopic (exact) mass is 480 g/mol. The van der Waals surface area contributed by atoms with Crippen LogP contribution in [-0.2, 0) is 11.0 Å². The lowest BCUT2D eigenvalue weighted by Gasteiger charge is -2.20. The van der Waals surface area contributed by atoms with Crippen LogP contribution in [0.15, 0.2) is 47.6 Å². The zero-order chi connectivity index (χ0) is 24.2. The number of ether oxygens (including phenoxy) is 2. The van der Waals surface area contributed by atoms with E-state index in [0.29, 0.717) is 22.9 Å². The molecular formula is C22H23F3N4O3S. The third kappa shape index (κ3) is 5.78. The number of alkyl halides is 3. The van der Waals surface area contributed by atoms with Crippen molar-refractivity contribution >= 4 is 23.4 Å². The molecule has 1 amide bonds. The number of hydrogen-bond donors (Lipinski definition) is 2. The summed E-state index contributed by atoms with van der Waals surface area (Å²) in [4.78, 5) is 17.3. The molecule has 3 aromatic rings. The van der Waals surface area contributed by atoms with E-state index in [1.807, 2.05) is 0 Å². The summed E-state index contributed by atoms with van der Waals surface area (Å²) in [7, 11) is 3.06. The highest BCUT2D eigenvalue weighted by molar-refractivity contribution is 8.00. The predicted molar refractivity (Wildman–Crippen MR) is 119 cm³/mol. The fourth-order valence-corrected chi connectivity index (χ4v) is 3.97. The molecule has 1 atom stereocenters. The van der Waals surface area contributed by atoms with Crippen LogP contribution >= 0.6 is 11.8 Å². The molecule has 33 heavy (non-hydrogen) atoms. The molecule has 3 rings (SSSR count). The zero-order valence-corrected chi connectivity index (χ0v) is 19.2. The summed E-state index contributed by atoms with van der Waals surface area (Å²) in [5.41, 5.74) is -0.556. The SMILES string of the molecule is COc1ccc(-c2nc(SC(C(=O)Nc3ccccc3C(F)(F)F)C(C)C)n[nH]2)c(OC)c1. The number of para-hydroxylation sites is 1. The summed E-state index contributed by atoms with van der Waals surface area (Å²) in [5, 5.41) is 8.93. The van der Waals surface area contributed by atoms with Gasteiger partial charge in [0.05, 0.1) is 36.3 Å². The van der Waals surface area contributed by atoms with Crippen molar-refractivity contribution < 1.29 is 27.4 Å². The highest BCUT2D eigenvalue weighted by Gasteiger charge is 2.34. The van der Waals surface area contributed by atoms with Crippen LogP contribution in [0.5, 0.6) is 11.5 Å². The third-order valence-corrected chi connectivity index (χ3v) is 6.12. The number of anilines is 1. The van der Waals surface area contributed by atoms with Gasteiger partial charge in [0.1, 0.15) is 11.5 Å². The molecule has 1 aromatic heterocycles. The highest BCUT2D eigenvalue weighted by atomic mass is 32.2. The van der Waals surface area contributed by atoms with E-state index in [1.165, 1.54) is 25.3 Å². The summed E-state index contributed by atoms with van der Waals surface area (Å²) in [5.74, 6) is 0.775. The molecule has 0 aliphatic carbocycles. The number of methoxy groups -OCH3 is 2. The van der Waals surface area contributed by atoms with E-state index in [9.17, 15) is 18.0 Å². The average Bonchev–Trinajstić information content (AvgIpc) is 3.24. The largest absolute Gasteiger partial charge is 0.497 e. The maximum Gasteiger partial charge on any atom is 0.418 e. The van der Waals surface area contributed by atoms with Gasteiger partial charge >= 0.3 is 6.18 Å². The second-order valence-electron chi connectivity index (χ2n) is 7.35. The highest BCUT2D eigenvalue weighted by Crippen LogP contribution is 2.36. The number of thioether (sulfide) groups is 1. The quantitative estimate of drug-likeness (QED) is 0.428. The molecule has 0 aliphatic rings. The van der Waals surface area contributed by atoms with Gasteiger partial charge in [0, 0.05) is 6.07 Å². The Morgan fingerprint density at radius 2 is 1.85 bits per heavy atom. The molecule has 0 aliphatic heterocycles. The molecular weight excluding hydrogens is 457 g/mol. The Morgan fingerprint density at radius 3 is 2.48 bits per heavy atom. The molecule has 2 N–H and O–H groups in total. The molecule has 0 saturated heterocycles. The van der Waals surface area contributed by atoms with Crippen molar-refractivity contribution in [3.05, 3.63) is 48.0 Å². The topological polar surface area (TPSA) is 89.1 Å². The van der Waals surface area contributed by atoms with E-state index in [2.05, 4.69) is 20.5 Å². The van der Waals surface area contributed by atoms with Crippen molar-refractivity contribution in [1.29, 1.82) is 0 Å². The lowest BCUT2D eigenvalue weighted by molar-refractivity contribution is -0.137. The molecule has 1 unspecified atom stereocenters. The Hall–Kier alpha value is -3.21. The van der Waals surface area contributed by atoms with E-state index in [0.717, 1.165) is 17.8 Å². The van der Waals surface area contributed by atoms with Crippen molar-refractivity contribution in [3.8, 4) is 22.9 Å². The van der Waals surface area contributed by atoms with E-state index in [4.69, 9.17) is 9.47 Å². The van der Waals surface area contributed by atoms with Crippen molar-refractivity contribution in [1.82, 2.24) is 15.2 Å². The Labute approximate surface area is 193 Å². The van der Waals surface area contributed by atoms with Crippen LogP contribution in [-0.4, -0.2) is 40.6 Å². The van der Waals surface area contributed by atoms with Crippen LogP contribution in [0.2, 0.25) is 0 Å². The standard InChI is InChI=1S/C22H23F3N4O3S/c1-12(2)18(20(30)26-16-8-6-5-7-15(16)22(23,24)25)33-21-27-19(28-29-21)14-10-9-13(31-3)11-17(14)32-4/h5-12,18H,1-4H3,(H,26,30)(H,27,28,29). The van der Waals surface area contributed by atoms with Gasteiger partial charge < -0.3 is 14.8 Å². The molecule has 7 nitrogen and oxygen atoms in total. The first-order chi connectivity index (χ1) is 15.6. The number of nitrogens with one attached hydrogen (secondary N) is 2. The molecule has 0 radical (unpaired) electrons. The van der Waals surface area contributed by atoms with Crippen molar-refractivity contribution in [3.63, 3.8) is 0 Å². The van der Waals surface area contributed by atoms with Gasteiger partial charge in [-0.15, -0.1) is 5.10 Å². The maximum absolute atomic E-state index is 13.3. The number of nitrogens with zero attached hydrogens (tertiary/aromatic N) is 2. The molecule has 11 heteroatoms. The minimum atomic E-state index is -4.58. The summed E-state index contributed by atoms with van der Waals surface area (Å²) in [6, 6.07) is 10.1. The van der Waals surface area contributed by atoms with Crippen molar-refractivity contribution in [2.75, 3.05) is 19.5 Å². The number of amides is 1. The Kier molecular flexibility index (Phi) is 7.52. The number of H-pyrrole nitrogens is 1. The molecule has 0 fully saturated rings. The molecule has 0 saturated carbocycles. The molecule has 0 spiro atoms. The number of carbonyl (C=O) groups excluding carboxylic acids is 1. The molecule has 1 heterocycles. The van der Waals surface area contributed by atoms with Gasteiger partial charge in [0.15, 0.2) is 5.82 Å². The van der Waals surface area contributed by atoms with E-state index >= 15 is 0 Å². The number of hydrogen-bond acceptors (Lipinski definition) is 6. The Bertz CT molecular complexity index is 1120. The second kappa shape index (κ2) is 10.2. The summed E-state index contributed by atoms with van der Waals surface area (Å²) in [6.45, 7) is 3.60. The van der Waals surface area contributed by atoms with E-state index < -0.39 is 22.9 Å². The number of aromatic nitrogens is 3. The van der Waals surface area contributed by atoms with E-state index in [1.54, 1.807) is 39.2 Å². The molecule has 176 valence electrons. The van der Waals surface area contributed by atoms with Gasteiger partial charge in [0.2, 0.25) is 11.1 Å². The summed E-state index contributed by atoms with van der Waals surface area (Å²) < 4.78 is 50.4. The smallest absolute Gasteiger partial charge is 0.418 e. The predicted octanol–water partition coefficient (Wildman–Crippen LogP) is 5.26. The fraction of sp³-hybridized carbons (Fsp3) is 0.318. The van der Waals surface area contributed by atoms with Gasteiger partial charge in [0.25, 0.3) is 0 Å². The normalized spacial score (nSPS) is 12.5. The van der Waals surface area contributed by atoms with E-state index in [-0.39, 0.29) is 16.8 Å². The van der Waals surface area contributed by atoms with Crippen LogP contribution in [0, 0.1) is 5.92 Å². The summed E-state index contributed by atoms with van der Waals surface area (Å²) in [6.07, 6.45) is -4.58. The van der Waals surface area contributed by atoms with Gasteiger partial charge in [-0.3, -0.25) is 9.89 Å². The first-order valence-electron chi connectivity index (χ1n) is 9.92. The lowest BCUT2D eigenvalue weighted by Crippen LogP contribution is -2.30. The maximum atomic E-state index is 13.3. The lowest BCUT2D eigenvalue weighted by atomic mass is 10.1. The minimum Gasteiger partial charge on any atom is -0.497 e. The van der Waals surface area contributed by atoms with Gasteiger partial charge in [-0.1, -0.05) is 37.7 Å². The fourth-order valence-electron chi connectivity index (χ4n) is 3.06. The van der Waals surface area contributed by atoms with Crippen molar-refractivity contribution in [2.45, 2.75) is 30.4 Å². The number of rotatable bonds is 8. The third-order valence-electron chi connectivity index (χ3n) is 4.72. The number of carbonyl (C=O) groups is 1. The number of halogens is 3. The van der Waals surface area contributed by atoms with Gasteiger partial charge in [-0.25, -0.2) is 4.98 Å². The van der Waals surface area contributed by atoms with Crippen LogP contribution in [0.1, 0.15) is 19.4 Å². The van der Waals surface area contributed by atoms with Gasteiger partial charge in [-0.05, 0) is 30.2 Å². The minimum absolute atomic E-state index is 0.203. The van der Waals surface area contributed by atoms with Crippen LogP contribution in [0.25, 0.3) is 11.4 Å². The Balaban J connectivity index is 1.81. The Morgan fingerprint density at radius 1 is 1.12 bits per heavy atom. The molecule has 0 bridgehead atoms. The number of benzene rings is 2. The molecule has 2 aromatic carbocycles. The van der Waals surface area contributed by atoms with Crippen LogP contribution in [0.4, 0.5) is 18.9 Å². The van der Waals surface area contributed by atoms with Crippen LogP contribution in [0.3, 0.4) is 0 Å². The summed E-state index contributed by atoms with van der Waals surface area (Å²) >= 11 is 1.06. The second-order valence-corrected chi connectivity index (χ2v) is 8.46. The zero-order valence-electron chi connectivity index (χ0n) is 18.4.